The Morgan fingerprint density at radius 2 is 2.14 bits per heavy atom. The van der Waals surface area contributed by atoms with Gasteiger partial charge in [0, 0.05) is 20.3 Å². The predicted octanol–water partition coefficient (Wildman–Crippen LogP) is 3.27. The van der Waals surface area contributed by atoms with Crippen molar-refractivity contribution in [3.05, 3.63) is 0 Å². The smallest absolute Gasteiger partial charge is 0.109 e. The van der Waals surface area contributed by atoms with Gasteiger partial charge < -0.3 is 9.47 Å². The third-order valence-electron chi connectivity index (χ3n) is 4.72. The third-order valence-corrected chi connectivity index (χ3v) is 4.72. The summed E-state index contributed by atoms with van der Waals surface area (Å²) in [6.07, 6.45) is 6.19. The lowest BCUT2D eigenvalue weighted by atomic mass is 9.86. The standard InChI is InChI=1S/C17H32N2O2/c1-5-11-19-17(14-18)9-6-7-15(17)8-12-21-13-10-16(2,3)20-4/h15,19H,5-13H2,1-4H3. The number of rotatable bonds is 10. The number of nitriles is 1. The van der Waals surface area contributed by atoms with Crippen LogP contribution in [-0.4, -0.2) is 38.0 Å². The van der Waals surface area contributed by atoms with E-state index in [1.807, 2.05) is 0 Å². The monoisotopic (exact) mass is 296 g/mol. The van der Waals surface area contributed by atoms with E-state index in [4.69, 9.17) is 9.47 Å². The van der Waals surface area contributed by atoms with Crippen molar-refractivity contribution >= 4 is 0 Å². The van der Waals surface area contributed by atoms with E-state index in [9.17, 15) is 5.26 Å². The van der Waals surface area contributed by atoms with Crippen molar-refractivity contribution in [2.45, 2.75) is 70.4 Å². The van der Waals surface area contributed by atoms with Crippen LogP contribution in [0.2, 0.25) is 0 Å². The van der Waals surface area contributed by atoms with E-state index >= 15 is 0 Å². The first-order chi connectivity index (χ1) is 9.99. The quantitative estimate of drug-likeness (QED) is 0.629. The largest absolute Gasteiger partial charge is 0.381 e. The second kappa shape index (κ2) is 8.73. The summed E-state index contributed by atoms with van der Waals surface area (Å²) in [5.74, 6) is 0.421. The fourth-order valence-electron chi connectivity index (χ4n) is 2.98. The number of nitrogens with zero attached hydrogens (tertiary/aromatic N) is 1. The lowest BCUT2D eigenvalue weighted by Gasteiger charge is -2.30. The first-order valence-corrected chi connectivity index (χ1v) is 8.29. The van der Waals surface area contributed by atoms with Crippen molar-refractivity contribution in [2.75, 3.05) is 26.9 Å². The van der Waals surface area contributed by atoms with E-state index in [0.29, 0.717) is 5.92 Å². The van der Waals surface area contributed by atoms with Crippen LogP contribution in [0.15, 0.2) is 0 Å². The van der Waals surface area contributed by atoms with Gasteiger partial charge in [-0.1, -0.05) is 13.3 Å². The number of hydrogen-bond donors (Lipinski definition) is 1. The molecule has 4 heteroatoms. The molecule has 0 saturated heterocycles. The van der Waals surface area contributed by atoms with E-state index in [2.05, 4.69) is 32.2 Å². The first-order valence-electron chi connectivity index (χ1n) is 8.29. The number of nitrogens with one attached hydrogen (secondary N) is 1. The highest BCUT2D eigenvalue weighted by Gasteiger charge is 2.42. The van der Waals surface area contributed by atoms with Gasteiger partial charge >= 0.3 is 0 Å². The summed E-state index contributed by atoms with van der Waals surface area (Å²) < 4.78 is 11.1. The van der Waals surface area contributed by atoms with E-state index in [1.165, 1.54) is 0 Å². The third kappa shape index (κ3) is 5.58. The zero-order valence-electron chi connectivity index (χ0n) is 14.2. The van der Waals surface area contributed by atoms with E-state index in [1.54, 1.807) is 7.11 Å². The number of ether oxygens (including phenoxy) is 2. The molecule has 1 N–H and O–H groups in total. The van der Waals surface area contributed by atoms with E-state index < -0.39 is 0 Å². The molecule has 122 valence electrons. The molecule has 0 amide bonds. The summed E-state index contributed by atoms with van der Waals surface area (Å²) in [5.41, 5.74) is -0.433. The normalized spacial score (nSPS) is 26.0. The highest BCUT2D eigenvalue weighted by Crippen LogP contribution is 2.37. The Hall–Kier alpha value is -0.630. The molecule has 2 atom stereocenters. The Kier molecular flexibility index (Phi) is 7.65. The molecule has 0 spiro atoms. The number of hydrogen-bond acceptors (Lipinski definition) is 4. The minimum Gasteiger partial charge on any atom is -0.381 e. The van der Waals surface area contributed by atoms with E-state index in [-0.39, 0.29) is 11.1 Å². The second-order valence-corrected chi connectivity index (χ2v) is 6.71. The summed E-state index contributed by atoms with van der Waals surface area (Å²) in [4.78, 5) is 0. The molecule has 1 rings (SSSR count). The molecular formula is C17H32N2O2. The van der Waals surface area contributed by atoms with E-state index in [0.717, 1.165) is 58.3 Å². The molecule has 0 aromatic carbocycles. The van der Waals surface area contributed by atoms with Crippen molar-refractivity contribution in [3.63, 3.8) is 0 Å². The van der Waals surface area contributed by atoms with Crippen LogP contribution >= 0.6 is 0 Å². The van der Waals surface area contributed by atoms with Gasteiger partial charge in [0.15, 0.2) is 0 Å². The summed E-state index contributed by atoms with van der Waals surface area (Å²) in [5, 5.41) is 13.1. The summed E-state index contributed by atoms with van der Waals surface area (Å²) in [7, 11) is 1.74. The molecule has 1 saturated carbocycles. The summed E-state index contributed by atoms with van der Waals surface area (Å²) >= 11 is 0. The van der Waals surface area contributed by atoms with Gasteiger partial charge in [0.2, 0.25) is 0 Å². The Bertz CT molecular complexity index is 338. The summed E-state index contributed by atoms with van der Waals surface area (Å²) in [6, 6.07) is 2.55. The topological polar surface area (TPSA) is 54.3 Å². The molecule has 21 heavy (non-hydrogen) atoms. The van der Waals surface area contributed by atoms with Crippen LogP contribution < -0.4 is 5.32 Å². The van der Waals surface area contributed by atoms with Crippen LogP contribution in [0.3, 0.4) is 0 Å². The molecule has 0 aromatic heterocycles. The predicted molar refractivity (Wildman–Crippen MR) is 85.1 cm³/mol. The minimum atomic E-state index is -0.314. The molecular weight excluding hydrogens is 264 g/mol. The Labute approximate surface area is 130 Å². The number of methoxy groups -OCH3 is 1. The fourth-order valence-corrected chi connectivity index (χ4v) is 2.98. The minimum absolute atomic E-state index is 0.119. The molecule has 1 aliphatic carbocycles. The highest BCUT2D eigenvalue weighted by atomic mass is 16.5. The molecule has 4 nitrogen and oxygen atoms in total. The molecule has 1 fully saturated rings. The maximum atomic E-state index is 9.59. The molecule has 0 bridgehead atoms. The molecule has 0 heterocycles. The van der Waals surface area contributed by atoms with Crippen LogP contribution in [0.5, 0.6) is 0 Å². The Morgan fingerprint density at radius 1 is 1.38 bits per heavy atom. The van der Waals surface area contributed by atoms with Gasteiger partial charge in [-0.2, -0.15) is 5.26 Å². The van der Waals surface area contributed by atoms with Crippen LogP contribution in [-0.2, 0) is 9.47 Å². The van der Waals surface area contributed by atoms with Crippen LogP contribution in [0.25, 0.3) is 0 Å². The molecule has 1 aliphatic rings. The van der Waals surface area contributed by atoms with Crippen LogP contribution in [0.1, 0.15) is 59.3 Å². The van der Waals surface area contributed by atoms with Crippen molar-refractivity contribution < 1.29 is 9.47 Å². The summed E-state index contributed by atoms with van der Waals surface area (Å²) in [6.45, 7) is 8.66. The average Bonchev–Trinajstić information content (AvgIpc) is 2.88. The van der Waals surface area contributed by atoms with Crippen LogP contribution in [0.4, 0.5) is 0 Å². The maximum absolute atomic E-state index is 9.59. The highest BCUT2D eigenvalue weighted by molar-refractivity contribution is 5.13. The Balaban J connectivity index is 2.32. The molecule has 0 aliphatic heterocycles. The molecule has 2 unspecified atom stereocenters. The van der Waals surface area contributed by atoms with Crippen molar-refractivity contribution in [1.82, 2.24) is 5.32 Å². The molecule has 0 aromatic rings. The molecule has 0 radical (unpaired) electrons. The van der Waals surface area contributed by atoms with Crippen molar-refractivity contribution in [1.29, 1.82) is 5.26 Å². The van der Waals surface area contributed by atoms with Crippen LogP contribution in [0, 0.1) is 17.2 Å². The van der Waals surface area contributed by atoms with Gasteiger partial charge in [0.05, 0.1) is 11.7 Å². The van der Waals surface area contributed by atoms with Gasteiger partial charge in [0.1, 0.15) is 5.54 Å². The first kappa shape index (κ1) is 18.4. The van der Waals surface area contributed by atoms with Gasteiger partial charge in [-0.15, -0.1) is 0 Å². The fraction of sp³-hybridized carbons (Fsp3) is 0.941. The zero-order chi connectivity index (χ0) is 15.8. The van der Waals surface area contributed by atoms with Gasteiger partial charge in [-0.25, -0.2) is 0 Å². The van der Waals surface area contributed by atoms with Crippen molar-refractivity contribution in [3.8, 4) is 6.07 Å². The second-order valence-electron chi connectivity index (χ2n) is 6.71. The SMILES string of the molecule is CCCNC1(C#N)CCCC1CCOCCC(C)(C)OC. The lowest BCUT2D eigenvalue weighted by Crippen LogP contribution is -2.47. The lowest BCUT2D eigenvalue weighted by molar-refractivity contribution is -0.0116. The van der Waals surface area contributed by atoms with Gasteiger partial charge in [-0.05, 0) is 58.4 Å². The zero-order valence-corrected chi connectivity index (χ0v) is 14.2. The maximum Gasteiger partial charge on any atom is 0.109 e. The van der Waals surface area contributed by atoms with Gasteiger partial charge in [0.25, 0.3) is 0 Å². The average molecular weight is 296 g/mol. The van der Waals surface area contributed by atoms with Gasteiger partial charge in [-0.3, -0.25) is 5.32 Å². The Morgan fingerprint density at radius 3 is 2.76 bits per heavy atom. The van der Waals surface area contributed by atoms with Crippen molar-refractivity contribution in [2.24, 2.45) is 5.92 Å².